The highest BCUT2D eigenvalue weighted by Crippen LogP contribution is 2.29. The highest BCUT2D eigenvalue weighted by atomic mass is 32.2. The van der Waals surface area contributed by atoms with E-state index in [1.807, 2.05) is 0 Å². The van der Waals surface area contributed by atoms with Crippen molar-refractivity contribution >= 4 is 29.1 Å². The molecule has 4 rings (SSSR count). The van der Waals surface area contributed by atoms with Crippen molar-refractivity contribution in [3.8, 4) is 5.75 Å². The number of anilines is 1. The number of fused-ring (bicyclic) bond motifs is 1. The van der Waals surface area contributed by atoms with Crippen LogP contribution in [-0.4, -0.2) is 44.2 Å². The third-order valence-electron chi connectivity index (χ3n) is 4.55. The summed E-state index contributed by atoms with van der Waals surface area (Å²) in [5.41, 5.74) is 0.795. The molecule has 0 fully saturated rings. The predicted molar refractivity (Wildman–Crippen MR) is 110 cm³/mol. The minimum Gasteiger partial charge on any atom is -0.482 e. The van der Waals surface area contributed by atoms with Crippen LogP contribution in [0.5, 0.6) is 5.75 Å². The maximum absolute atomic E-state index is 12.5. The van der Waals surface area contributed by atoms with E-state index in [4.69, 9.17) is 9.15 Å². The second-order valence-corrected chi connectivity index (χ2v) is 7.66. The molecule has 1 aromatic carbocycles. The van der Waals surface area contributed by atoms with E-state index < -0.39 is 11.2 Å². The van der Waals surface area contributed by atoms with Crippen LogP contribution < -0.4 is 21.3 Å². The fourth-order valence-electron chi connectivity index (χ4n) is 3.02. The van der Waals surface area contributed by atoms with Crippen LogP contribution >= 0.6 is 11.8 Å². The lowest BCUT2D eigenvalue weighted by Gasteiger charge is -2.18. The van der Waals surface area contributed by atoms with Crippen LogP contribution in [0.2, 0.25) is 0 Å². The monoisotopic (exact) mass is 443 g/mol. The fraction of sp³-hybridized carbons (Fsp3) is 0.263. The van der Waals surface area contributed by atoms with Gasteiger partial charge in [0.15, 0.2) is 12.4 Å². The Bertz CT molecular complexity index is 1280. The molecule has 3 aromatic rings. The smallest absolute Gasteiger partial charge is 0.325 e. The summed E-state index contributed by atoms with van der Waals surface area (Å²) in [6.45, 7) is 1.59. The van der Waals surface area contributed by atoms with Crippen molar-refractivity contribution in [2.75, 3.05) is 17.7 Å². The second kappa shape index (κ2) is 8.60. The molecule has 12 heteroatoms. The number of aromatic nitrogens is 4. The number of aryl methyl sites for hydroxylation is 2. The molecule has 2 aromatic heterocycles. The van der Waals surface area contributed by atoms with Gasteiger partial charge in [0.25, 0.3) is 16.7 Å². The molecule has 0 aliphatic carbocycles. The lowest BCUT2D eigenvalue weighted by atomic mass is 10.1. The minimum absolute atomic E-state index is 0.0498. The fourth-order valence-corrected chi connectivity index (χ4v) is 3.70. The number of Topliss-reactive ketones (excluding diaryl/α,β-unsaturated/α-hetero) is 1. The van der Waals surface area contributed by atoms with Gasteiger partial charge in [0.1, 0.15) is 5.75 Å². The highest BCUT2D eigenvalue weighted by Gasteiger charge is 2.19. The van der Waals surface area contributed by atoms with E-state index >= 15 is 0 Å². The van der Waals surface area contributed by atoms with Gasteiger partial charge in [-0.2, -0.15) is 0 Å². The van der Waals surface area contributed by atoms with Gasteiger partial charge in [-0.3, -0.25) is 19.4 Å². The summed E-state index contributed by atoms with van der Waals surface area (Å²) in [5.74, 6) is 0.440. The van der Waals surface area contributed by atoms with Crippen molar-refractivity contribution in [3.05, 3.63) is 61.7 Å². The van der Waals surface area contributed by atoms with Gasteiger partial charge in [0.2, 0.25) is 5.89 Å². The Morgan fingerprint density at radius 2 is 2.00 bits per heavy atom. The van der Waals surface area contributed by atoms with Crippen molar-refractivity contribution in [2.45, 2.75) is 25.0 Å². The van der Waals surface area contributed by atoms with Crippen LogP contribution in [0, 0.1) is 6.92 Å². The van der Waals surface area contributed by atoms with Crippen LogP contribution in [0.15, 0.2) is 37.4 Å². The highest BCUT2D eigenvalue weighted by molar-refractivity contribution is 7.99. The van der Waals surface area contributed by atoms with E-state index in [0.29, 0.717) is 47.0 Å². The lowest BCUT2D eigenvalue weighted by Crippen LogP contribution is -2.27. The molecule has 3 N–H and O–H groups in total. The molecule has 11 nitrogen and oxygen atoms in total. The standard InChI is InChI=1S/C19H17N5O6S/c1-9-11(17(27)22-18(28)20-9)3-5-16-23-24-19(30-16)31-8-13(25)10-2-4-14-12(6-10)21-15(26)7-29-14/h2,4,6H,3,5,7-8H2,1H3,(H,21,26)(H2,20,22,27,28). The van der Waals surface area contributed by atoms with E-state index in [0.717, 1.165) is 11.8 Å². The summed E-state index contributed by atoms with van der Waals surface area (Å²) < 4.78 is 10.8. The molecule has 0 bridgehead atoms. The summed E-state index contributed by atoms with van der Waals surface area (Å²) in [6, 6.07) is 4.83. The number of aromatic amines is 2. The van der Waals surface area contributed by atoms with Gasteiger partial charge >= 0.3 is 5.69 Å². The van der Waals surface area contributed by atoms with E-state index in [1.165, 1.54) is 0 Å². The molecule has 0 radical (unpaired) electrons. The average Bonchev–Trinajstić information content (AvgIpc) is 3.18. The first kappa shape index (κ1) is 20.6. The van der Waals surface area contributed by atoms with Crippen LogP contribution in [0.3, 0.4) is 0 Å². The van der Waals surface area contributed by atoms with Crippen molar-refractivity contribution in [1.29, 1.82) is 0 Å². The zero-order valence-electron chi connectivity index (χ0n) is 16.3. The lowest BCUT2D eigenvalue weighted by molar-refractivity contribution is -0.118. The summed E-state index contributed by atoms with van der Waals surface area (Å²) >= 11 is 1.09. The van der Waals surface area contributed by atoms with Crippen LogP contribution in [0.25, 0.3) is 0 Å². The normalized spacial score (nSPS) is 12.7. The van der Waals surface area contributed by atoms with Gasteiger partial charge < -0.3 is 19.5 Å². The van der Waals surface area contributed by atoms with Gasteiger partial charge in [-0.15, -0.1) is 10.2 Å². The Kier molecular flexibility index (Phi) is 5.71. The Morgan fingerprint density at radius 3 is 2.81 bits per heavy atom. The second-order valence-electron chi connectivity index (χ2n) is 6.73. The topological polar surface area (TPSA) is 160 Å². The number of ketones is 1. The Hall–Kier alpha value is -3.67. The first-order chi connectivity index (χ1) is 14.9. The number of thioether (sulfide) groups is 1. The maximum atomic E-state index is 12.5. The summed E-state index contributed by atoms with van der Waals surface area (Å²) in [6.07, 6.45) is 0.619. The number of nitrogens with zero attached hydrogens (tertiary/aromatic N) is 2. The van der Waals surface area contributed by atoms with Crippen molar-refractivity contribution in [2.24, 2.45) is 0 Å². The first-order valence-corrected chi connectivity index (χ1v) is 10.2. The maximum Gasteiger partial charge on any atom is 0.325 e. The van der Waals surface area contributed by atoms with Gasteiger partial charge in [-0.25, -0.2) is 4.79 Å². The molecule has 0 saturated carbocycles. The summed E-state index contributed by atoms with van der Waals surface area (Å²) in [4.78, 5) is 51.8. The van der Waals surface area contributed by atoms with E-state index in [1.54, 1.807) is 25.1 Å². The molecule has 1 aliphatic heterocycles. The number of nitrogens with one attached hydrogen (secondary N) is 3. The average molecular weight is 443 g/mol. The number of rotatable bonds is 7. The number of hydrogen-bond donors (Lipinski definition) is 3. The third kappa shape index (κ3) is 4.74. The predicted octanol–water partition coefficient (Wildman–Crippen LogP) is 0.846. The van der Waals surface area contributed by atoms with Gasteiger partial charge in [0, 0.05) is 23.2 Å². The van der Waals surface area contributed by atoms with Crippen molar-refractivity contribution < 1.29 is 18.7 Å². The van der Waals surface area contributed by atoms with Crippen molar-refractivity contribution in [1.82, 2.24) is 20.2 Å². The number of benzene rings is 1. The molecule has 31 heavy (non-hydrogen) atoms. The quantitative estimate of drug-likeness (QED) is 0.355. The number of carbonyl (C=O) groups is 2. The Morgan fingerprint density at radius 1 is 1.16 bits per heavy atom. The molecule has 0 unspecified atom stereocenters. The summed E-state index contributed by atoms with van der Waals surface area (Å²) in [5, 5.41) is 10.7. The van der Waals surface area contributed by atoms with Crippen LogP contribution in [0.4, 0.5) is 5.69 Å². The van der Waals surface area contributed by atoms with Gasteiger partial charge in [-0.1, -0.05) is 11.8 Å². The van der Waals surface area contributed by atoms with E-state index in [9.17, 15) is 19.2 Å². The number of carbonyl (C=O) groups excluding carboxylic acids is 2. The largest absolute Gasteiger partial charge is 0.482 e. The molecule has 3 heterocycles. The molecular formula is C19H17N5O6S. The Balaban J connectivity index is 1.35. The minimum atomic E-state index is -0.554. The molecule has 1 amide bonds. The first-order valence-electron chi connectivity index (χ1n) is 9.26. The van der Waals surface area contributed by atoms with Crippen molar-refractivity contribution in [3.63, 3.8) is 0 Å². The zero-order valence-corrected chi connectivity index (χ0v) is 17.1. The molecular weight excluding hydrogens is 426 g/mol. The molecule has 1 aliphatic rings. The van der Waals surface area contributed by atoms with E-state index in [-0.39, 0.29) is 29.3 Å². The van der Waals surface area contributed by atoms with Gasteiger partial charge in [0.05, 0.1) is 11.4 Å². The van der Waals surface area contributed by atoms with Crippen LogP contribution in [0.1, 0.15) is 27.5 Å². The summed E-state index contributed by atoms with van der Waals surface area (Å²) in [7, 11) is 0. The third-order valence-corrected chi connectivity index (χ3v) is 5.37. The Labute approximate surface area is 178 Å². The number of H-pyrrole nitrogens is 2. The van der Waals surface area contributed by atoms with Crippen LogP contribution in [-0.2, 0) is 17.6 Å². The number of amides is 1. The van der Waals surface area contributed by atoms with Gasteiger partial charge in [-0.05, 0) is 31.5 Å². The number of ether oxygens (including phenoxy) is 1. The molecule has 160 valence electrons. The molecule has 0 saturated heterocycles. The number of hydrogen-bond acceptors (Lipinski definition) is 9. The van der Waals surface area contributed by atoms with E-state index in [2.05, 4.69) is 25.5 Å². The SMILES string of the molecule is Cc1[nH]c(=O)[nH]c(=O)c1CCc1nnc(SCC(=O)c2ccc3c(c2)NC(=O)CO3)o1. The molecule has 0 spiro atoms. The zero-order chi connectivity index (χ0) is 22.0. The molecule has 0 atom stereocenters.